The van der Waals surface area contributed by atoms with E-state index in [2.05, 4.69) is 11.9 Å². The molecule has 2 unspecified atom stereocenters. The minimum Gasteiger partial charge on any atom is -0.435 e. The Morgan fingerprint density at radius 3 is 2.77 bits per heavy atom. The van der Waals surface area contributed by atoms with Gasteiger partial charge in [-0.3, -0.25) is 9.78 Å². The molecule has 1 aromatic rings. The van der Waals surface area contributed by atoms with Crippen molar-refractivity contribution < 1.29 is 14.3 Å². The van der Waals surface area contributed by atoms with Gasteiger partial charge in [-0.15, -0.1) is 0 Å². The van der Waals surface area contributed by atoms with E-state index in [4.69, 9.17) is 4.74 Å². The molecule has 0 saturated carbocycles. The lowest BCUT2D eigenvalue weighted by Crippen LogP contribution is -2.36. The zero-order valence-electron chi connectivity index (χ0n) is 13.3. The molecule has 22 heavy (non-hydrogen) atoms. The van der Waals surface area contributed by atoms with Crippen molar-refractivity contribution in [1.82, 2.24) is 9.88 Å². The van der Waals surface area contributed by atoms with E-state index in [1.165, 1.54) is 4.90 Å². The maximum atomic E-state index is 12.5. The second-order valence-electron chi connectivity index (χ2n) is 5.68. The Kier molecular flexibility index (Phi) is 5.92. The van der Waals surface area contributed by atoms with Crippen LogP contribution in [0.25, 0.3) is 0 Å². The van der Waals surface area contributed by atoms with Crippen LogP contribution in [0.1, 0.15) is 45.2 Å². The molecule has 5 heteroatoms. The smallest absolute Gasteiger partial charge is 0.417 e. The summed E-state index contributed by atoms with van der Waals surface area (Å²) in [6, 6.07) is 5.63. The van der Waals surface area contributed by atoms with E-state index in [1.807, 2.05) is 25.1 Å². The SMILES string of the molecule is CCCCC(CC)C1OC(=O)N(CCc2ccccn2)C1=O. The second kappa shape index (κ2) is 7.92. The van der Waals surface area contributed by atoms with Gasteiger partial charge in [-0.05, 0) is 25.0 Å². The number of amides is 2. The number of hydrogen-bond donors (Lipinski definition) is 0. The van der Waals surface area contributed by atoms with Crippen LogP contribution in [0.5, 0.6) is 0 Å². The van der Waals surface area contributed by atoms with Crippen LogP contribution in [0.4, 0.5) is 4.79 Å². The summed E-state index contributed by atoms with van der Waals surface area (Å²) in [6.45, 7) is 4.49. The molecule has 0 aromatic carbocycles. The van der Waals surface area contributed by atoms with Gasteiger partial charge in [0.2, 0.25) is 0 Å². The van der Waals surface area contributed by atoms with Crippen molar-refractivity contribution >= 4 is 12.0 Å². The number of carbonyl (C=O) groups excluding carboxylic acids is 2. The van der Waals surface area contributed by atoms with Gasteiger partial charge in [0.15, 0.2) is 6.10 Å². The van der Waals surface area contributed by atoms with Gasteiger partial charge in [-0.1, -0.05) is 32.8 Å². The Labute approximate surface area is 131 Å². The first-order chi connectivity index (χ1) is 10.7. The number of imide groups is 1. The summed E-state index contributed by atoms with van der Waals surface area (Å²) in [7, 11) is 0. The van der Waals surface area contributed by atoms with Gasteiger partial charge < -0.3 is 4.74 Å². The van der Waals surface area contributed by atoms with Crippen LogP contribution < -0.4 is 0 Å². The molecular formula is C17H24N2O3. The molecule has 1 aliphatic rings. The van der Waals surface area contributed by atoms with Crippen LogP contribution in [0.15, 0.2) is 24.4 Å². The average Bonchev–Trinajstić information content (AvgIpc) is 2.82. The molecule has 1 fully saturated rings. The number of cyclic esters (lactones) is 1. The maximum absolute atomic E-state index is 12.5. The molecular weight excluding hydrogens is 280 g/mol. The fraction of sp³-hybridized carbons (Fsp3) is 0.588. The number of hydrogen-bond acceptors (Lipinski definition) is 4. The van der Waals surface area contributed by atoms with Crippen molar-refractivity contribution in [2.24, 2.45) is 5.92 Å². The highest BCUT2D eigenvalue weighted by atomic mass is 16.6. The zero-order valence-corrected chi connectivity index (χ0v) is 13.3. The Morgan fingerprint density at radius 1 is 1.32 bits per heavy atom. The molecule has 5 nitrogen and oxygen atoms in total. The van der Waals surface area contributed by atoms with Crippen molar-refractivity contribution in [1.29, 1.82) is 0 Å². The molecule has 1 aromatic heterocycles. The number of ether oxygens (including phenoxy) is 1. The van der Waals surface area contributed by atoms with Crippen LogP contribution in [-0.2, 0) is 16.0 Å². The quantitative estimate of drug-likeness (QED) is 0.740. The number of rotatable bonds is 8. The Balaban J connectivity index is 1.96. The Morgan fingerprint density at radius 2 is 2.14 bits per heavy atom. The minimum atomic E-state index is -0.604. The third-order valence-corrected chi connectivity index (χ3v) is 4.16. The molecule has 2 atom stereocenters. The topological polar surface area (TPSA) is 59.5 Å². The van der Waals surface area contributed by atoms with Crippen LogP contribution in [0.2, 0.25) is 0 Å². The number of aromatic nitrogens is 1. The molecule has 120 valence electrons. The van der Waals surface area contributed by atoms with Gasteiger partial charge in [-0.2, -0.15) is 0 Å². The van der Waals surface area contributed by atoms with Gasteiger partial charge in [0.1, 0.15) is 0 Å². The van der Waals surface area contributed by atoms with Crippen molar-refractivity contribution in [3.8, 4) is 0 Å². The summed E-state index contributed by atoms with van der Waals surface area (Å²) in [5, 5.41) is 0. The third kappa shape index (κ3) is 3.84. The Hall–Kier alpha value is -1.91. The number of unbranched alkanes of at least 4 members (excludes halogenated alkanes) is 1. The van der Waals surface area contributed by atoms with Crippen LogP contribution >= 0.6 is 0 Å². The first kappa shape index (κ1) is 16.5. The lowest BCUT2D eigenvalue weighted by Gasteiger charge is -2.18. The predicted octanol–water partition coefficient (Wildman–Crippen LogP) is 3.19. The summed E-state index contributed by atoms with van der Waals surface area (Å²) < 4.78 is 5.34. The highest BCUT2D eigenvalue weighted by Crippen LogP contribution is 2.26. The number of carbonyl (C=O) groups is 2. The first-order valence-electron chi connectivity index (χ1n) is 8.09. The molecule has 0 aliphatic carbocycles. The van der Waals surface area contributed by atoms with E-state index in [9.17, 15) is 9.59 Å². The molecule has 2 rings (SSSR count). The predicted molar refractivity (Wildman–Crippen MR) is 83.2 cm³/mol. The van der Waals surface area contributed by atoms with Gasteiger partial charge >= 0.3 is 6.09 Å². The van der Waals surface area contributed by atoms with Crippen molar-refractivity contribution in [2.75, 3.05) is 6.54 Å². The summed E-state index contributed by atoms with van der Waals surface area (Å²) >= 11 is 0. The minimum absolute atomic E-state index is 0.122. The standard InChI is InChI=1S/C17H24N2O3/c1-3-5-8-13(4-2)15-16(20)19(17(21)22-15)12-10-14-9-6-7-11-18-14/h6-7,9,11,13,15H,3-5,8,10,12H2,1-2H3. The summed E-state index contributed by atoms with van der Waals surface area (Å²) in [5.74, 6) is -0.0693. The molecule has 0 N–H and O–H groups in total. The molecule has 2 heterocycles. The Bertz CT molecular complexity index is 504. The van der Waals surface area contributed by atoms with E-state index in [-0.39, 0.29) is 11.8 Å². The van der Waals surface area contributed by atoms with Crippen LogP contribution in [-0.4, -0.2) is 34.5 Å². The lowest BCUT2D eigenvalue weighted by atomic mass is 9.93. The van der Waals surface area contributed by atoms with Gasteiger partial charge in [-0.25, -0.2) is 9.69 Å². The van der Waals surface area contributed by atoms with Gasteiger partial charge in [0.05, 0.1) is 0 Å². The highest BCUT2D eigenvalue weighted by molar-refractivity contribution is 6.00. The molecule has 1 aliphatic heterocycles. The zero-order chi connectivity index (χ0) is 15.9. The van der Waals surface area contributed by atoms with Crippen molar-refractivity contribution in [2.45, 2.75) is 52.1 Å². The average molecular weight is 304 g/mol. The molecule has 1 saturated heterocycles. The summed E-state index contributed by atoms with van der Waals surface area (Å²) in [4.78, 5) is 29.9. The second-order valence-corrected chi connectivity index (χ2v) is 5.68. The molecule has 0 radical (unpaired) electrons. The van der Waals surface area contributed by atoms with Crippen molar-refractivity contribution in [3.05, 3.63) is 30.1 Å². The van der Waals surface area contributed by atoms with Crippen molar-refractivity contribution in [3.63, 3.8) is 0 Å². The fourth-order valence-corrected chi connectivity index (χ4v) is 2.77. The highest BCUT2D eigenvalue weighted by Gasteiger charge is 2.43. The van der Waals surface area contributed by atoms with Gasteiger partial charge in [0.25, 0.3) is 5.91 Å². The maximum Gasteiger partial charge on any atom is 0.417 e. The van der Waals surface area contributed by atoms with E-state index in [0.29, 0.717) is 13.0 Å². The van der Waals surface area contributed by atoms with E-state index >= 15 is 0 Å². The third-order valence-electron chi connectivity index (χ3n) is 4.16. The molecule has 0 bridgehead atoms. The lowest BCUT2D eigenvalue weighted by molar-refractivity contribution is -0.131. The monoisotopic (exact) mass is 304 g/mol. The van der Waals surface area contributed by atoms with E-state index < -0.39 is 12.2 Å². The van der Waals surface area contributed by atoms with E-state index in [0.717, 1.165) is 31.4 Å². The summed E-state index contributed by atoms with van der Waals surface area (Å²) in [6.07, 6.45) is 5.04. The number of pyridine rings is 1. The first-order valence-corrected chi connectivity index (χ1v) is 8.09. The van der Waals surface area contributed by atoms with Crippen LogP contribution in [0, 0.1) is 5.92 Å². The summed E-state index contributed by atoms with van der Waals surface area (Å²) in [5.41, 5.74) is 0.865. The fourth-order valence-electron chi connectivity index (χ4n) is 2.77. The van der Waals surface area contributed by atoms with E-state index in [1.54, 1.807) is 6.20 Å². The molecule has 0 spiro atoms. The molecule has 2 amide bonds. The normalized spacial score (nSPS) is 19.4. The van der Waals surface area contributed by atoms with Gasteiger partial charge in [0, 0.05) is 30.8 Å². The largest absolute Gasteiger partial charge is 0.435 e. The van der Waals surface area contributed by atoms with Crippen LogP contribution in [0.3, 0.4) is 0 Å². The number of nitrogens with zero attached hydrogens (tertiary/aromatic N) is 2.